The van der Waals surface area contributed by atoms with Crippen LogP contribution in [0.2, 0.25) is 0 Å². The van der Waals surface area contributed by atoms with Crippen LogP contribution in [0, 0.1) is 12.8 Å². The molecule has 3 amide bonds. The van der Waals surface area contributed by atoms with Crippen LogP contribution < -0.4 is 15.2 Å². The molecule has 0 saturated carbocycles. The third-order valence-corrected chi connectivity index (χ3v) is 5.97. The van der Waals surface area contributed by atoms with E-state index in [1.807, 2.05) is 45.0 Å². The van der Waals surface area contributed by atoms with Gasteiger partial charge < -0.3 is 20.1 Å². The molecule has 0 fully saturated rings. The number of nitrogens with one attached hydrogen (secondary N) is 2. The number of benzene rings is 2. The van der Waals surface area contributed by atoms with Crippen molar-refractivity contribution in [1.82, 2.24) is 15.5 Å². The first kappa shape index (κ1) is 30.0. The molecule has 202 valence electrons. The standard InChI is InChI=1S/C26H36N3O7P/c1-17(2)14-24(26(32)29(5)16-21-8-6-18(3)7-9-21)28-25(31)23(27-19(4)30)15-20-10-12-22(13-11-20)36-37(33,34)35/h6-13,17,23-24H,14-16H2,1-5H3,(H,27,30)(H,28,31)(H2,33,34,35)/t23-,24-/m0/s1. The van der Waals surface area contributed by atoms with Crippen molar-refractivity contribution in [2.75, 3.05) is 7.05 Å². The van der Waals surface area contributed by atoms with Crippen LogP contribution in [0.25, 0.3) is 0 Å². The van der Waals surface area contributed by atoms with Gasteiger partial charge in [-0.05, 0) is 42.5 Å². The number of hydrogen-bond donors (Lipinski definition) is 4. The van der Waals surface area contributed by atoms with E-state index in [9.17, 15) is 18.9 Å². The van der Waals surface area contributed by atoms with E-state index in [2.05, 4.69) is 15.2 Å². The van der Waals surface area contributed by atoms with Crippen LogP contribution in [0.4, 0.5) is 0 Å². The van der Waals surface area contributed by atoms with Crippen LogP contribution in [0.5, 0.6) is 5.75 Å². The summed E-state index contributed by atoms with van der Waals surface area (Å²) in [6, 6.07) is 11.9. The highest BCUT2D eigenvalue weighted by molar-refractivity contribution is 7.46. The molecule has 0 spiro atoms. The van der Waals surface area contributed by atoms with E-state index in [-0.39, 0.29) is 24.0 Å². The summed E-state index contributed by atoms with van der Waals surface area (Å²) in [5, 5.41) is 5.44. The maximum Gasteiger partial charge on any atom is 0.524 e. The molecule has 0 aliphatic carbocycles. The Kier molecular flexibility index (Phi) is 10.9. The minimum absolute atomic E-state index is 0.0307. The summed E-state index contributed by atoms with van der Waals surface area (Å²) in [7, 11) is -3.00. The molecule has 0 heterocycles. The van der Waals surface area contributed by atoms with Gasteiger partial charge in [0.15, 0.2) is 0 Å². The Hall–Kier alpha value is -3.20. The van der Waals surface area contributed by atoms with Crippen molar-refractivity contribution >= 4 is 25.5 Å². The monoisotopic (exact) mass is 533 g/mol. The zero-order valence-electron chi connectivity index (χ0n) is 21.8. The number of aryl methyl sites for hydroxylation is 1. The fourth-order valence-electron chi connectivity index (χ4n) is 3.79. The fourth-order valence-corrected chi connectivity index (χ4v) is 4.19. The Bertz CT molecular complexity index is 1110. The Labute approximate surface area is 217 Å². The third-order valence-electron chi connectivity index (χ3n) is 5.52. The molecule has 0 radical (unpaired) electrons. The number of likely N-dealkylation sites (N-methyl/N-ethyl adjacent to an activating group) is 1. The molecule has 2 rings (SSSR count). The average molecular weight is 534 g/mol. The van der Waals surface area contributed by atoms with E-state index < -0.39 is 31.7 Å². The summed E-state index contributed by atoms with van der Waals surface area (Å²) >= 11 is 0. The maximum atomic E-state index is 13.3. The van der Waals surface area contributed by atoms with E-state index >= 15 is 0 Å². The van der Waals surface area contributed by atoms with E-state index in [0.29, 0.717) is 18.5 Å². The number of carbonyl (C=O) groups excluding carboxylic acids is 3. The minimum Gasteiger partial charge on any atom is -0.404 e. The van der Waals surface area contributed by atoms with Crippen molar-refractivity contribution in [1.29, 1.82) is 0 Å². The molecule has 0 aliphatic heterocycles. The molecule has 4 N–H and O–H groups in total. The third kappa shape index (κ3) is 10.8. The van der Waals surface area contributed by atoms with Gasteiger partial charge in [-0.3, -0.25) is 24.2 Å². The highest BCUT2D eigenvalue weighted by atomic mass is 31.2. The molecule has 0 unspecified atom stereocenters. The number of carbonyl (C=O) groups is 3. The molecular formula is C26H36N3O7P. The maximum absolute atomic E-state index is 13.3. The largest absolute Gasteiger partial charge is 0.524 e. The average Bonchev–Trinajstić information content (AvgIpc) is 2.78. The molecule has 10 nitrogen and oxygen atoms in total. The summed E-state index contributed by atoms with van der Waals surface area (Å²) in [6.07, 6.45) is 0.521. The van der Waals surface area contributed by atoms with Gasteiger partial charge in [0.25, 0.3) is 0 Å². The quantitative estimate of drug-likeness (QED) is 0.307. The second kappa shape index (κ2) is 13.4. The predicted molar refractivity (Wildman–Crippen MR) is 139 cm³/mol. The van der Waals surface area contributed by atoms with Gasteiger partial charge in [-0.2, -0.15) is 0 Å². The molecule has 11 heteroatoms. The van der Waals surface area contributed by atoms with Gasteiger partial charge in [-0.15, -0.1) is 0 Å². The fraction of sp³-hybridized carbons (Fsp3) is 0.423. The van der Waals surface area contributed by atoms with Crippen LogP contribution >= 0.6 is 7.82 Å². The molecule has 0 bridgehead atoms. The summed E-state index contributed by atoms with van der Waals surface area (Å²) in [5.41, 5.74) is 2.71. The van der Waals surface area contributed by atoms with Crippen LogP contribution in [-0.4, -0.2) is 51.5 Å². The molecule has 0 aliphatic rings. The van der Waals surface area contributed by atoms with Gasteiger partial charge in [0.2, 0.25) is 17.7 Å². The molecular weight excluding hydrogens is 497 g/mol. The second-order valence-electron chi connectivity index (χ2n) is 9.55. The van der Waals surface area contributed by atoms with E-state index in [0.717, 1.165) is 11.1 Å². The Balaban J connectivity index is 2.15. The molecule has 0 saturated heterocycles. The van der Waals surface area contributed by atoms with Crippen molar-refractivity contribution in [3.63, 3.8) is 0 Å². The van der Waals surface area contributed by atoms with Gasteiger partial charge in [0.05, 0.1) is 0 Å². The van der Waals surface area contributed by atoms with Crippen LogP contribution in [-0.2, 0) is 31.9 Å². The SMILES string of the molecule is CC(=O)N[C@@H](Cc1ccc(OP(=O)(O)O)cc1)C(=O)N[C@@H](CC(C)C)C(=O)N(C)Cc1ccc(C)cc1. The number of hydrogen-bond acceptors (Lipinski definition) is 5. The van der Waals surface area contributed by atoms with E-state index in [1.165, 1.54) is 19.1 Å². The number of phosphoric ester groups is 1. The molecule has 2 aromatic rings. The van der Waals surface area contributed by atoms with Crippen LogP contribution in [0.3, 0.4) is 0 Å². The predicted octanol–water partition coefficient (Wildman–Crippen LogP) is 2.70. The Morgan fingerprint density at radius 1 is 0.946 bits per heavy atom. The molecule has 2 aromatic carbocycles. The molecule has 37 heavy (non-hydrogen) atoms. The smallest absolute Gasteiger partial charge is 0.404 e. The highest BCUT2D eigenvalue weighted by Crippen LogP contribution is 2.37. The second-order valence-corrected chi connectivity index (χ2v) is 10.7. The first-order chi connectivity index (χ1) is 17.2. The van der Waals surface area contributed by atoms with Gasteiger partial charge in [-0.25, -0.2) is 4.57 Å². The van der Waals surface area contributed by atoms with E-state index in [4.69, 9.17) is 9.79 Å². The van der Waals surface area contributed by atoms with Gasteiger partial charge >= 0.3 is 7.82 Å². The topological polar surface area (TPSA) is 145 Å². The van der Waals surface area contributed by atoms with Crippen molar-refractivity contribution in [2.45, 2.75) is 59.2 Å². The van der Waals surface area contributed by atoms with Gasteiger partial charge in [-0.1, -0.05) is 55.8 Å². The zero-order valence-corrected chi connectivity index (χ0v) is 22.7. The normalized spacial score (nSPS) is 13.0. The molecule has 2 atom stereocenters. The van der Waals surface area contributed by atoms with Crippen molar-refractivity contribution in [3.8, 4) is 5.75 Å². The summed E-state index contributed by atoms with van der Waals surface area (Å²) in [6.45, 7) is 7.59. The first-order valence-corrected chi connectivity index (χ1v) is 13.5. The Morgan fingerprint density at radius 2 is 1.51 bits per heavy atom. The van der Waals surface area contributed by atoms with Crippen LogP contribution in [0.15, 0.2) is 48.5 Å². The Morgan fingerprint density at radius 3 is 2.03 bits per heavy atom. The summed E-state index contributed by atoms with van der Waals surface area (Å²) in [5.74, 6) is -1.05. The van der Waals surface area contributed by atoms with Gasteiger partial charge in [0, 0.05) is 26.9 Å². The summed E-state index contributed by atoms with van der Waals surface area (Å²) < 4.78 is 15.5. The lowest BCUT2D eigenvalue weighted by Crippen LogP contribution is -2.54. The zero-order chi connectivity index (χ0) is 27.8. The lowest BCUT2D eigenvalue weighted by atomic mass is 10.0. The van der Waals surface area contributed by atoms with E-state index in [1.54, 1.807) is 24.1 Å². The van der Waals surface area contributed by atoms with Crippen molar-refractivity contribution in [3.05, 3.63) is 65.2 Å². The van der Waals surface area contributed by atoms with Gasteiger partial charge in [0.1, 0.15) is 17.8 Å². The van der Waals surface area contributed by atoms with Crippen molar-refractivity contribution in [2.24, 2.45) is 5.92 Å². The molecule has 0 aromatic heterocycles. The summed E-state index contributed by atoms with van der Waals surface area (Å²) in [4.78, 5) is 57.8. The van der Waals surface area contributed by atoms with Crippen LogP contribution in [0.1, 0.15) is 43.9 Å². The number of phosphoric acid groups is 1. The number of rotatable bonds is 12. The number of amides is 3. The minimum atomic E-state index is -4.69. The highest BCUT2D eigenvalue weighted by Gasteiger charge is 2.29. The number of nitrogens with zero attached hydrogens (tertiary/aromatic N) is 1. The lowest BCUT2D eigenvalue weighted by molar-refractivity contribution is -0.137. The van der Waals surface area contributed by atoms with Crippen molar-refractivity contribution < 1.29 is 33.3 Å². The lowest BCUT2D eigenvalue weighted by Gasteiger charge is -2.28. The first-order valence-electron chi connectivity index (χ1n) is 12.0.